The lowest BCUT2D eigenvalue weighted by molar-refractivity contribution is 0.231. The third kappa shape index (κ3) is 3.10. The second-order valence-electron chi connectivity index (χ2n) is 4.84. The summed E-state index contributed by atoms with van der Waals surface area (Å²) in [6.45, 7) is 9.16. The van der Waals surface area contributed by atoms with Crippen LogP contribution in [-0.2, 0) is 0 Å². The number of ether oxygens (including phenoxy) is 1. The van der Waals surface area contributed by atoms with Crippen LogP contribution in [0.3, 0.4) is 0 Å². The van der Waals surface area contributed by atoms with Gasteiger partial charge in [0, 0.05) is 25.7 Å². The first kappa shape index (κ1) is 13.1. The molecule has 1 unspecified atom stereocenters. The van der Waals surface area contributed by atoms with Gasteiger partial charge in [-0.05, 0) is 20.3 Å². The summed E-state index contributed by atoms with van der Waals surface area (Å²) >= 11 is 0. The molecule has 2 rings (SSSR count). The second kappa shape index (κ2) is 6.00. The zero-order chi connectivity index (χ0) is 13.0. The maximum Gasteiger partial charge on any atom is 0.234 e. The van der Waals surface area contributed by atoms with Crippen LogP contribution in [0.15, 0.2) is 12.4 Å². The van der Waals surface area contributed by atoms with Gasteiger partial charge in [0.15, 0.2) is 5.82 Å². The molecule has 0 spiro atoms. The van der Waals surface area contributed by atoms with E-state index in [-0.39, 0.29) is 6.10 Å². The molecule has 0 aromatic carbocycles. The van der Waals surface area contributed by atoms with Crippen LogP contribution in [0.4, 0.5) is 5.82 Å². The number of hydrogen-bond donors (Lipinski definition) is 1. The number of aromatic nitrogens is 2. The molecule has 0 amide bonds. The van der Waals surface area contributed by atoms with Crippen LogP contribution >= 0.6 is 0 Å². The maximum absolute atomic E-state index is 5.60. The highest BCUT2D eigenvalue weighted by Gasteiger charge is 2.22. The zero-order valence-electron chi connectivity index (χ0n) is 11.4. The minimum Gasteiger partial charge on any atom is -0.474 e. The summed E-state index contributed by atoms with van der Waals surface area (Å²) in [5.74, 6) is 1.53. The zero-order valence-corrected chi connectivity index (χ0v) is 11.4. The molecule has 1 aromatic rings. The lowest BCUT2D eigenvalue weighted by Gasteiger charge is -2.36. The van der Waals surface area contributed by atoms with Crippen LogP contribution in [0.2, 0.25) is 0 Å². The Morgan fingerprint density at radius 1 is 1.50 bits per heavy atom. The molecule has 1 aliphatic heterocycles. The van der Waals surface area contributed by atoms with E-state index in [1.165, 1.54) is 0 Å². The van der Waals surface area contributed by atoms with E-state index in [1.807, 2.05) is 20.0 Å². The molecule has 1 saturated heterocycles. The Labute approximate surface area is 109 Å². The van der Waals surface area contributed by atoms with Crippen molar-refractivity contribution in [3.8, 4) is 5.88 Å². The van der Waals surface area contributed by atoms with Gasteiger partial charge in [-0.25, -0.2) is 0 Å². The van der Waals surface area contributed by atoms with Gasteiger partial charge in [-0.1, -0.05) is 6.92 Å². The number of rotatable bonds is 4. The van der Waals surface area contributed by atoms with Gasteiger partial charge in [0.25, 0.3) is 0 Å². The average molecular weight is 250 g/mol. The van der Waals surface area contributed by atoms with E-state index in [1.54, 1.807) is 6.20 Å². The molecule has 5 heteroatoms. The van der Waals surface area contributed by atoms with Gasteiger partial charge < -0.3 is 15.0 Å². The first-order valence-corrected chi connectivity index (χ1v) is 6.66. The van der Waals surface area contributed by atoms with Crippen molar-refractivity contribution in [3.63, 3.8) is 0 Å². The average Bonchev–Trinajstić information content (AvgIpc) is 2.38. The molecule has 0 saturated carbocycles. The number of anilines is 1. The Hall–Kier alpha value is -1.36. The van der Waals surface area contributed by atoms with E-state index < -0.39 is 0 Å². The molecule has 1 fully saturated rings. The van der Waals surface area contributed by atoms with Crippen LogP contribution in [0.5, 0.6) is 5.88 Å². The van der Waals surface area contributed by atoms with Crippen LogP contribution in [0.1, 0.15) is 27.2 Å². The molecule has 1 atom stereocenters. The Bertz CT molecular complexity index is 383. The Balaban J connectivity index is 2.15. The van der Waals surface area contributed by atoms with E-state index in [0.29, 0.717) is 11.9 Å². The molecule has 1 aromatic heterocycles. The molecular formula is C13H22N4O. The van der Waals surface area contributed by atoms with E-state index >= 15 is 0 Å². The lowest BCUT2D eigenvalue weighted by Crippen LogP contribution is -2.51. The molecule has 1 N–H and O–H groups in total. The largest absolute Gasteiger partial charge is 0.474 e. The van der Waals surface area contributed by atoms with E-state index in [0.717, 1.165) is 31.9 Å². The smallest absolute Gasteiger partial charge is 0.234 e. The van der Waals surface area contributed by atoms with Gasteiger partial charge >= 0.3 is 0 Å². The third-order valence-electron chi connectivity index (χ3n) is 3.07. The Morgan fingerprint density at radius 2 is 2.33 bits per heavy atom. The summed E-state index contributed by atoms with van der Waals surface area (Å²) in [5.41, 5.74) is 0. The van der Waals surface area contributed by atoms with Crippen LogP contribution < -0.4 is 15.0 Å². The van der Waals surface area contributed by atoms with Crippen molar-refractivity contribution in [1.82, 2.24) is 15.3 Å². The highest BCUT2D eigenvalue weighted by Crippen LogP contribution is 2.19. The van der Waals surface area contributed by atoms with E-state index in [4.69, 9.17) is 4.74 Å². The summed E-state index contributed by atoms with van der Waals surface area (Å²) in [6, 6.07) is 0.488. The van der Waals surface area contributed by atoms with Gasteiger partial charge in [0.05, 0.1) is 18.5 Å². The quantitative estimate of drug-likeness (QED) is 0.876. The minimum absolute atomic E-state index is 0.125. The fourth-order valence-electron chi connectivity index (χ4n) is 2.20. The number of piperazine rings is 1. The topological polar surface area (TPSA) is 50.3 Å². The van der Waals surface area contributed by atoms with Crippen LogP contribution in [0.25, 0.3) is 0 Å². The number of hydrogen-bond acceptors (Lipinski definition) is 5. The summed E-state index contributed by atoms with van der Waals surface area (Å²) in [7, 11) is 0. The van der Waals surface area contributed by atoms with Gasteiger partial charge in [0.1, 0.15) is 0 Å². The monoisotopic (exact) mass is 250 g/mol. The molecule has 2 heterocycles. The molecule has 18 heavy (non-hydrogen) atoms. The van der Waals surface area contributed by atoms with Crippen molar-refractivity contribution in [2.45, 2.75) is 39.3 Å². The van der Waals surface area contributed by atoms with Crippen LogP contribution in [-0.4, -0.2) is 41.7 Å². The molecule has 100 valence electrons. The van der Waals surface area contributed by atoms with Crippen molar-refractivity contribution in [1.29, 1.82) is 0 Å². The normalized spacial score (nSPS) is 20.2. The van der Waals surface area contributed by atoms with Gasteiger partial charge in [-0.2, -0.15) is 4.98 Å². The van der Waals surface area contributed by atoms with Gasteiger partial charge in [-0.3, -0.25) is 4.98 Å². The highest BCUT2D eigenvalue weighted by atomic mass is 16.5. The van der Waals surface area contributed by atoms with Crippen molar-refractivity contribution >= 4 is 5.82 Å². The maximum atomic E-state index is 5.60. The van der Waals surface area contributed by atoms with Gasteiger partial charge in [0.2, 0.25) is 5.88 Å². The fraction of sp³-hybridized carbons (Fsp3) is 0.692. The third-order valence-corrected chi connectivity index (χ3v) is 3.07. The SMILES string of the molecule is CCC1CNCCN1c1cncc(OC(C)C)n1. The van der Waals surface area contributed by atoms with Gasteiger partial charge in [-0.15, -0.1) is 0 Å². The van der Waals surface area contributed by atoms with Crippen molar-refractivity contribution < 1.29 is 4.74 Å². The molecule has 0 radical (unpaired) electrons. The van der Waals surface area contributed by atoms with Crippen molar-refractivity contribution in [2.24, 2.45) is 0 Å². The number of nitrogens with zero attached hydrogens (tertiary/aromatic N) is 3. The first-order valence-electron chi connectivity index (χ1n) is 6.66. The van der Waals surface area contributed by atoms with E-state index in [9.17, 15) is 0 Å². The van der Waals surface area contributed by atoms with Crippen molar-refractivity contribution in [2.75, 3.05) is 24.5 Å². The Morgan fingerprint density at radius 3 is 3.06 bits per heavy atom. The molecule has 5 nitrogen and oxygen atoms in total. The van der Waals surface area contributed by atoms with E-state index in [2.05, 4.69) is 27.1 Å². The molecule has 1 aliphatic rings. The minimum atomic E-state index is 0.125. The molecular weight excluding hydrogens is 228 g/mol. The first-order chi connectivity index (χ1) is 8.70. The van der Waals surface area contributed by atoms with Crippen molar-refractivity contribution in [3.05, 3.63) is 12.4 Å². The fourth-order valence-corrected chi connectivity index (χ4v) is 2.20. The standard InChI is InChI=1S/C13H22N4O/c1-4-11-7-14-5-6-17(11)12-8-15-9-13(16-12)18-10(2)3/h8-11,14H,4-7H2,1-3H3. The second-order valence-corrected chi connectivity index (χ2v) is 4.84. The highest BCUT2D eigenvalue weighted by molar-refractivity contribution is 5.40. The number of nitrogens with one attached hydrogen (secondary N) is 1. The summed E-state index contributed by atoms with van der Waals surface area (Å²) in [5, 5.41) is 3.41. The predicted molar refractivity (Wildman–Crippen MR) is 72.1 cm³/mol. The predicted octanol–water partition coefficient (Wildman–Crippen LogP) is 1.45. The summed E-state index contributed by atoms with van der Waals surface area (Å²) in [4.78, 5) is 11.1. The molecule has 0 aliphatic carbocycles. The summed E-state index contributed by atoms with van der Waals surface area (Å²) in [6.07, 6.45) is 4.72. The molecule has 0 bridgehead atoms. The Kier molecular flexibility index (Phi) is 4.36. The lowest BCUT2D eigenvalue weighted by atomic mass is 10.1. The summed E-state index contributed by atoms with van der Waals surface area (Å²) < 4.78 is 5.60. The van der Waals surface area contributed by atoms with Crippen LogP contribution in [0, 0.1) is 0 Å².